The zero-order valence-electron chi connectivity index (χ0n) is 14.3. The first-order valence-corrected chi connectivity index (χ1v) is 8.23. The lowest BCUT2D eigenvalue weighted by molar-refractivity contribution is 0.0594. The summed E-state index contributed by atoms with van der Waals surface area (Å²) >= 11 is 0. The van der Waals surface area contributed by atoms with Crippen LogP contribution in [0, 0.1) is 11.6 Å². The van der Waals surface area contributed by atoms with Gasteiger partial charge in [-0.1, -0.05) is 0 Å². The predicted molar refractivity (Wildman–Crippen MR) is 91.8 cm³/mol. The average molecular weight is 375 g/mol. The Morgan fingerprint density at radius 3 is 2.89 bits per heavy atom. The molecule has 2 bridgehead atoms. The van der Waals surface area contributed by atoms with E-state index in [2.05, 4.69) is 24.9 Å². The first kappa shape index (κ1) is 17.1. The van der Waals surface area contributed by atoms with E-state index < -0.39 is 23.6 Å². The van der Waals surface area contributed by atoms with Crippen molar-refractivity contribution >= 4 is 29.3 Å². The predicted octanol–water partition coefficient (Wildman–Crippen LogP) is 2.17. The Labute approximate surface area is 152 Å². The topological polar surface area (TPSA) is 87.7 Å². The average Bonchev–Trinajstić information content (AvgIpc) is 3.07. The van der Waals surface area contributed by atoms with Crippen molar-refractivity contribution in [3.05, 3.63) is 41.7 Å². The number of esters is 1. The summed E-state index contributed by atoms with van der Waals surface area (Å²) in [6, 6.07) is 3.02. The van der Waals surface area contributed by atoms with Gasteiger partial charge in [-0.15, -0.1) is 0 Å². The molecule has 2 aromatic heterocycles. The molecule has 8 nitrogen and oxygen atoms in total. The molecular weight excluding hydrogens is 360 g/mol. The van der Waals surface area contributed by atoms with E-state index in [-0.39, 0.29) is 23.4 Å². The van der Waals surface area contributed by atoms with Crippen LogP contribution in [0.4, 0.5) is 30.9 Å². The highest BCUT2D eigenvalue weighted by atomic mass is 19.1. The van der Waals surface area contributed by atoms with E-state index in [1.165, 1.54) is 18.1 Å². The maximum absolute atomic E-state index is 13.9. The Balaban J connectivity index is 1.70. The molecule has 0 aromatic carbocycles. The number of carbonyl (C=O) groups excluding carboxylic acids is 2. The Morgan fingerprint density at radius 1 is 1.33 bits per heavy atom. The molecule has 0 radical (unpaired) electrons. The number of methoxy groups -OCH3 is 1. The highest BCUT2D eigenvalue weighted by Gasteiger charge is 2.40. The molecule has 1 atom stereocenters. The molecule has 4 rings (SSSR count). The summed E-state index contributed by atoms with van der Waals surface area (Å²) in [6.07, 6.45) is 1.50. The zero-order chi connectivity index (χ0) is 19.1. The number of fused-ring (bicyclic) bond motifs is 4. The van der Waals surface area contributed by atoms with E-state index in [9.17, 15) is 18.4 Å². The largest absolute Gasteiger partial charge is 0.464 e. The van der Waals surface area contributed by atoms with Gasteiger partial charge in [-0.25, -0.2) is 28.3 Å². The Morgan fingerprint density at radius 2 is 2.15 bits per heavy atom. The van der Waals surface area contributed by atoms with Gasteiger partial charge in [-0.05, 0) is 18.6 Å². The normalized spacial score (nSPS) is 17.5. The number of nitrogens with one attached hydrogen (secondary N) is 1. The SMILES string of the molecule is COC(=O)c1ccc2c(n1)N(C(=O)Nc1ncc(F)cc1F)[C@H]1CCN2C1. The molecule has 27 heavy (non-hydrogen) atoms. The molecule has 2 amide bonds. The van der Waals surface area contributed by atoms with Gasteiger partial charge in [0.2, 0.25) is 0 Å². The molecule has 10 heteroatoms. The quantitative estimate of drug-likeness (QED) is 0.810. The standard InChI is InChI=1S/C17H15F2N5O3/c1-27-16(25)12-2-3-13-15(21-12)24(10-4-5-23(13)8-10)17(26)22-14-11(19)6-9(18)7-20-14/h2-3,6-7,10H,4-5,8H2,1H3,(H,20,22,26)/t10-/m0/s1. The lowest BCUT2D eigenvalue weighted by Crippen LogP contribution is -2.48. The molecule has 2 aromatic rings. The maximum atomic E-state index is 13.9. The fourth-order valence-electron chi connectivity index (χ4n) is 3.36. The van der Waals surface area contributed by atoms with Crippen LogP contribution in [-0.2, 0) is 4.74 Å². The lowest BCUT2D eigenvalue weighted by atomic mass is 10.2. The molecular formula is C17H15F2N5O3. The third-order valence-electron chi connectivity index (χ3n) is 4.60. The summed E-state index contributed by atoms with van der Waals surface area (Å²) < 4.78 is 31.6. The van der Waals surface area contributed by atoms with E-state index >= 15 is 0 Å². The second-order valence-electron chi connectivity index (χ2n) is 6.20. The number of aromatic nitrogens is 2. The van der Waals surface area contributed by atoms with Crippen molar-refractivity contribution in [3.8, 4) is 0 Å². The van der Waals surface area contributed by atoms with E-state index in [1.54, 1.807) is 6.07 Å². The number of urea groups is 1. The molecule has 1 fully saturated rings. The molecule has 1 saturated heterocycles. The van der Waals surface area contributed by atoms with Crippen LogP contribution in [0.3, 0.4) is 0 Å². The molecule has 2 aliphatic heterocycles. The van der Waals surface area contributed by atoms with Gasteiger partial charge in [-0.2, -0.15) is 0 Å². The monoisotopic (exact) mass is 375 g/mol. The summed E-state index contributed by atoms with van der Waals surface area (Å²) in [4.78, 5) is 36.0. The number of rotatable bonds is 2. The minimum absolute atomic E-state index is 0.0580. The summed E-state index contributed by atoms with van der Waals surface area (Å²) in [6.45, 7) is 1.32. The van der Waals surface area contributed by atoms with Gasteiger partial charge in [0.05, 0.1) is 25.0 Å². The van der Waals surface area contributed by atoms with Crippen LogP contribution in [0.5, 0.6) is 0 Å². The number of hydrogen-bond acceptors (Lipinski definition) is 6. The number of halogens is 2. The van der Waals surface area contributed by atoms with Gasteiger partial charge in [0, 0.05) is 19.2 Å². The third kappa shape index (κ3) is 2.92. The van der Waals surface area contributed by atoms with E-state index in [1.807, 2.05) is 0 Å². The summed E-state index contributed by atoms with van der Waals surface area (Å²) in [7, 11) is 1.24. The summed E-state index contributed by atoms with van der Waals surface area (Å²) in [5.41, 5.74) is 0.752. The number of carbonyl (C=O) groups is 2. The maximum Gasteiger partial charge on any atom is 0.356 e. The van der Waals surface area contributed by atoms with Crippen LogP contribution >= 0.6 is 0 Å². The zero-order valence-corrected chi connectivity index (χ0v) is 14.3. The number of ether oxygens (including phenoxy) is 1. The summed E-state index contributed by atoms with van der Waals surface area (Å²) in [5.74, 6) is -2.55. The fraction of sp³-hybridized carbons (Fsp3) is 0.294. The van der Waals surface area contributed by atoms with Gasteiger partial charge >= 0.3 is 12.0 Å². The Hall–Kier alpha value is -3.30. The number of amides is 2. The first-order valence-electron chi connectivity index (χ1n) is 8.23. The number of pyridine rings is 2. The Bertz CT molecular complexity index is 939. The van der Waals surface area contributed by atoms with Crippen LogP contribution in [0.1, 0.15) is 16.9 Å². The number of anilines is 3. The molecule has 140 valence electrons. The van der Waals surface area contributed by atoms with Crippen LogP contribution in [0.25, 0.3) is 0 Å². The van der Waals surface area contributed by atoms with E-state index in [0.717, 1.165) is 12.7 Å². The number of nitrogens with zero attached hydrogens (tertiary/aromatic N) is 4. The van der Waals surface area contributed by atoms with Crippen LogP contribution in [0.15, 0.2) is 24.4 Å². The molecule has 4 heterocycles. The first-order chi connectivity index (χ1) is 13.0. The Kier molecular flexibility index (Phi) is 4.09. The van der Waals surface area contributed by atoms with Gasteiger partial charge in [-0.3, -0.25) is 10.2 Å². The third-order valence-corrected chi connectivity index (χ3v) is 4.60. The molecule has 0 aliphatic carbocycles. The minimum Gasteiger partial charge on any atom is -0.464 e. The van der Waals surface area contributed by atoms with Crippen molar-refractivity contribution in [2.24, 2.45) is 0 Å². The van der Waals surface area contributed by atoms with Gasteiger partial charge in [0.1, 0.15) is 5.82 Å². The van der Waals surface area contributed by atoms with Crippen molar-refractivity contribution in [2.75, 3.05) is 35.3 Å². The number of hydrogen-bond donors (Lipinski definition) is 1. The van der Waals surface area contributed by atoms with Crippen molar-refractivity contribution in [3.63, 3.8) is 0 Å². The molecule has 0 saturated carbocycles. The molecule has 0 spiro atoms. The summed E-state index contributed by atoms with van der Waals surface area (Å²) in [5, 5.41) is 2.35. The molecule has 0 unspecified atom stereocenters. The lowest BCUT2D eigenvalue weighted by Gasteiger charge is -2.35. The smallest absolute Gasteiger partial charge is 0.356 e. The fourth-order valence-corrected chi connectivity index (χ4v) is 3.36. The van der Waals surface area contributed by atoms with Gasteiger partial charge in [0.25, 0.3) is 0 Å². The van der Waals surface area contributed by atoms with Crippen LogP contribution < -0.4 is 15.1 Å². The highest BCUT2D eigenvalue weighted by Crippen LogP contribution is 2.39. The molecule has 1 N–H and O–H groups in total. The van der Waals surface area contributed by atoms with Crippen molar-refractivity contribution < 1.29 is 23.1 Å². The van der Waals surface area contributed by atoms with E-state index in [4.69, 9.17) is 0 Å². The van der Waals surface area contributed by atoms with Crippen molar-refractivity contribution in [1.29, 1.82) is 0 Å². The van der Waals surface area contributed by atoms with Gasteiger partial charge in [0.15, 0.2) is 23.1 Å². The van der Waals surface area contributed by atoms with Gasteiger partial charge < -0.3 is 9.64 Å². The van der Waals surface area contributed by atoms with Crippen LogP contribution in [-0.4, -0.2) is 48.2 Å². The second kappa shape index (κ2) is 6.45. The van der Waals surface area contributed by atoms with E-state index in [0.29, 0.717) is 24.7 Å². The van der Waals surface area contributed by atoms with Crippen molar-refractivity contribution in [1.82, 2.24) is 9.97 Å². The second-order valence-corrected chi connectivity index (χ2v) is 6.20. The molecule has 2 aliphatic rings. The minimum atomic E-state index is -0.982. The highest BCUT2D eigenvalue weighted by molar-refractivity contribution is 6.04. The van der Waals surface area contributed by atoms with Crippen molar-refractivity contribution in [2.45, 2.75) is 12.5 Å². The van der Waals surface area contributed by atoms with Crippen LogP contribution in [0.2, 0.25) is 0 Å².